The Labute approximate surface area is 196 Å². The molecule has 4 aromatic rings. The zero-order valence-electron chi connectivity index (χ0n) is 18.4. The summed E-state index contributed by atoms with van der Waals surface area (Å²) in [5, 5.41) is 10.5. The molecule has 0 spiro atoms. The molecular weight excluding hydrogens is 436 g/mol. The third kappa shape index (κ3) is 4.44. The Morgan fingerprint density at radius 1 is 1.09 bits per heavy atom. The van der Waals surface area contributed by atoms with Crippen molar-refractivity contribution in [2.45, 2.75) is 44.8 Å². The summed E-state index contributed by atoms with van der Waals surface area (Å²) >= 11 is 6.01. The molecule has 1 aliphatic carbocycles. The topological polar surface area (TPSA) is 68.9 Å². The van der Waals surface area contributed by atoms with E-state index in [2.05, 4.69) is 28.6 Å². The highest BCUT2D eigenvalue weighted by molar-refractivity contribution is 6.30. The second-order valence-corrected chi connectivity index (χ2v) is 8.98. The van der Waals surface area contributed by atoms with Crippen LogP contribution < -0.4 is 11.0 Å². The summed E-state index contributed by atoms with van der Waals surface area (Å²) in [6.07, 6.45) is 2.11. The maximum absolute atomic E-state index is 13.0. The van der Waals surface area contributed by atoms with Gasteiger partial charge >= 0.3 is 5.69 Å². The number of amides is 1. The van der Waals surface area contributed by atoms with Crippen LogP contribution in [0.2, 0.25) is 5.02 Å². The first-order valence-corrected chi connectivity index (χ1v) is 11.6. The Morgan fingerprint density at radius 3 is 2.58 bits per heavy atom. The van der Waals surface area contributed by atoms with Gasteiger partial charge in [0.05, 0.1) is 12.6 Å². The number of nitrogens with one attached hydrogen (secondary N) is 1. The average molecular weight is 461 g/mol. The molecule has 1 aliphatic rings. The molecule has 3 aromatic carbocycles. The zero-order chi connectivity index (χ0) is 22.9. The quantitative estimate of drug-likeness (QED) is 0.416. The Morgan fingerprint density at radius 2 is 1.82 bits per heavy atom. The molecule has 0 unspecified atom stereocenters. The summed E-state index contributed by atoms with van der Waals surface area (Å²) in [7, 11) is 0. The number of hydrogen-bond donors (Lipinski definition) is 1. The Balaban J connectivity index is 1.31. The number of hydrogen-bond acceptors (Lipinski definition) is 3. The van der Waals surface area contributed by atoms with Gasteiger partial charge in [0.25, 0.3) is 0 Å². The van der Waals surface area contributed by atoms with Crippen LogP contribution in [0.15, 0.2) is 71.5 Å². The van der Waals surface area contributed by atoms with Gasteiger partial charge in [-0.2, -0.15) is 0 Å². The minimum Gasteiger partial charge on any atom is -0.350 e. The van der Waals surface area contributed by atoms with Gasteiger partial charge < -0.3 is 5.32 Å². The molecule has 1 amide bonds. The summed E-state index contributed by atoms with van der Waals surface area (Å²) in [6, 6.07) is 21.6. The van der Waals surface area contributed by atoms with Gasteiger partial charge in [0.1, 0.15) is 0 Å². The second kappa shape index (κ2) is 8.87. The van der Waals surface area contributed by atoms with E-state index in [0.717, 1.165) is 34.7 Å². The summed E-state index contributed by atoms with van der Waals surface area (Å²) in [5.74, 6) is 0.514. The van der Waals surface area contributed by atoms with Crippen molar-refractivity contribution < 1.29 is 4.79 Å². The van der Waals surface area contributed by atoms with E-state index in [1.807, 2.05) is 43.3 Å². The molecule has 0 radical (unpaired) electrons. The van der Waals surface area contributed by atoms with Gasteiger partial charge in [0, 0.05) is 23.0 Å². The van der Waals surface area contributed by atoms with E-state index in [0.29, 0.717) is 10.8 Å². The molecule has 1 aromatic heterocycles. The molecule has 6 nitrogen and oxygen atoms in total. The lowest BCUT2D eigenvalue weighted by Gasteiger charge is -2.16. The van der Waals surface area contributed by atoms with E-state index >= 15 is 0 Å². The largest absolute Gasteiger partial charge is 0.350 e. The Kier molecular flexibility index (Phi) is 5.77. The predicted molar refractivity (Wildman–Crippen MR) is 130 cm³/mol. The summed E-state index contributed by atoms with van der Waals surface area (Å²) in [4.78, 5) is 25.7. The van der Waals surface area contributed by atoms with Crippen LogP contribution in [0.1, 0.15) is 43.8 Å². The van der Waals surface area contributed by atoms with Crippen molar-refractivity contribution in [2.75, 3.05) is 0 Å². The van der Waals surface area contributed by atoms with Crippen molar-refractivity contribution in [3.05, 3.63) is 87.8 Å². The third-order valence-corrected chi connectivity index (χ3v) is 6.35. The lowest BCUT2D eigenvalue weighted by Crippen LogP contribution is -2.30. The van der Waals surface area contributed by atoms with Crippen LogP contribution >= 0.6 is 11.6 Å². The monoisotopic (exact) mass is 460 g/mol. The molecule has 0 aliphatic heterocycles. The van der Waals surface area contributed by atoms with Crippen molar-refractivity contribution in [2.24, 2.45) is 0 Å². The van der Waals surface area contributed by atoms with Gasteiger partial charge in [-0.15, -0.1) is 5.10 Å². The highest BCUT2D eigenvalue weighted by Crippen LogP contribution is 2.36. The first-order chi connectivity index (χ1) is 16.0. The fourth-order valence-electron chi connectivity index (χ4n) is 4.25. The van der Waals surface area contributed by atoms with Crippen molar-refractivity contribution in [1.82, 2.24) is 19.7 Å². The standard InChI is InChI=1S/C26H25ClN4O2/c1-17(22-8-4-6-18-5-2-3-7-23(18)22)28-24(32)15-16-30-26(33)31(21-13-14-21)25(29-30)19-9-11-20(27)12-10-19/h2-12,17,21H,13-16H2,1H3,(H,28,32)/t17-/m0/s1. The van der Waals surface area contributed by atoms with Crippen molar-refractivity contribution in [3.8, 4) is 11.4 Å². The summed E-state index contributed by atoms with van der Waals surface area (Å²) in [5.41, 5.74) is 1.75. The normalized spacial score (nSPS) is 14.4. The number of fused-ring (bicyclic) bond motifs is 1. The summed E-state index contributed by atoms with van der Waals surface area (Å²) in [6.45, 7) is 2.21. The number of aryl methyl sites for hydroxylation is 1. The molecular formula is C26H25ClN4O2. The SMILES string of the molecule is C[C@H](NC(=O)CCn1nc(-c2ccc(Cl)cc2)n(C2CC2)c1=O)c1cccc2ccccc12. The third-order valence-electron chi connectivity index (χ3n) is 6.10. The van der Waals surface area contributed by atoms with E-state index in [1.54, 1.807) is 16.7 Å². The molecule has 7 heteroatoms. The Bertz CT molecular complexity index is 1360. The average Bonchev–Trinajstić information content (AvgIpc) is 3.60. The Hall–Kier alpha value is -3.38. The predicted octanol–water partition coefficient (Wildman–Crippen LogP) is 5.12. The van der Waals surface area contributed by atoms with Gasteiger partial charge in [-0.05, 0) is 60.4 Å². The van der Waals surface area contributed by atoms with Gasteiger partial charge in [0.15, 0.2) is 5.82 Å². The van der Waals surface area contributed by atoms with Gasteiger partial charge in [0.2, 0.25) is 5.91 Å². The molecule has 0 saturated heterocycles. The second-order valence-electron chi connectivity index (χ2n) is 8.54. The molecule has 5 rings (SSSR count). The number of nitrogens with zero attached hydrogens (tertiary/aromatic N) is 3. The fraction of sp³-hybridized carbons (Fsp3) is 0.269. The number of rotatable bonds is 7. The minimum absolute atomic E-state index is 0.114. The van der Waals surface area contributed by atoms with E-state index in [9.17, 15) is 9.59 Å². The summed E-state index contributed by atoms with van der Waals surface area (Å²) < 4.78 is 3.16. The minimum atomic E-state index is -0.169. The van der Waals surface area contributed by atoms with E-state index in [1.165, 1.54) is 4.68 Å². The van der Waals surface area contributed by atoms with Crippen LogP contribution in [0.25, 0.3) is 22.2 Å². The van der Waals surface area contributed by atoms with Crippen LogP contribution in [0.5, 0.6) is 0 Å². The maximum atomic E-state index is 13.0. The molecule has 0 bridgehead atoms. The fourth-order valence-corrected chi connectivity index (χ4v) is 4.38. The number of benzene rings is 3. The van der Waals surface area contributed by atoms with Crippen molar-refractivity contribution in [1.29, 1.82) is 0 Å². The number of carbonyl (C=O) groups excluding carboxylic acids is 1. The first-order valence-electron chi connectivity index (χ1n) is 11.2. The highest BCUT2D eigenvalue weighted by Gasteiger charge is 2.30. The van der Waals surface area contributed by atoms with Crippen molar-refractivity contribution >= 4 is 28.3 Å². The molecule has 33 heavy (non-hydrogen) atoms. The smallest absolute Gasteiger partial charge is 0.346 e. The zero-order valence-corrected chi connectivity index (χ0v) is 19.1. The van der Waals surface area contributed by atoms with E-state index in [-0.39, 0.29) is 36.6 Å². The van der Waals surface area contributed by atoms with Crippen LogP contribution in [0.4, 0.5) is 0 Å². The van der Waals surface area contributed by atoms with Gasteiger partial charge in [-0.25, -0.2) is 9.48 Å². The number of carbonyl (C=O) groups is 1. The van der Waals surface area contributed by atoms with E-state index in [4.69, 9.17) is 11.6 Å². The molecule has 1 atom stereocenters. The van der Waals surface area contributed by atoms with E-state index < -0.39 is 0 Å². The van der Waals surface area contributed by atoms with Crippen LogP contribution in [0, 0.1) is 0 Å². The lowest BCUT2D eigenvalue weighted by molar-refractivity contribution is -0.122. The lowest BCUT2D eigenvalue weighted by atomic mass is 9.99. The van der Waals surface area contributed by atoms with Gasteiger partial charge in [-0.3, -0.25) is 9.36 Å². The van der Waals surface area contributed by atoms with Crippen LogP contribution in [-0.2, 0) is 11.3 Å². The van der Waals surface area contributed by atoms with Crippen LogP contribution in [-0.4, -0.2) is 20.3 Å². The molecule has 1 fully saturated rings. The molecule has 1 N–H and O–H groups in total. The van der Waals surface area contributed by atoms with Gasteiger partial charge in [-0.1, -0.05) is 54.1 Å². The molecule has 168 valence electrons. The molecule has 1 saturated carbocycles. The number of aromatic nitrogens is 3. The van der Waals surface area contributed by atoms with Crippen molar-refractivity contribution in [3.63, 3.8) is 0 Å². The maximum Gasteiger partial charge on any atom is 0.346 e. The first kappa shape index (κ1) is 21.5. The van der Waals surface area contributed by atoms with Crippen LogP contribution in [0.3, 0.4) is 0 Å². The molecule has 1 heterocycles. The number of halogens is 1. The highest BCUT2D eigenvalue weighted by atomic mass is 35.5.